The third-order valence-electron chi connectivity index (χ3n) is 1.78. The number of hydrogen-bond donors (Lipinski definition) is 1. The molecule has 0 bridgehead atoms. The molecule has 0 heterocycles. The van der Waals surface area contributed by atoms with Gasteiger partial charge in [-0.3, -0.25) is 4.79 Å². The highest BCUT2D eigenvalue weighted by Gasteiger charge is 2.12. The van der Waals surface area contributed by atoms with Crippen molar-refractivity contribution in [3.05, 3.63) is 33.8 Å². The van der Waals surface area contributed by atoms with E-state index < -0.39 is 0 Å². The molecule has 15 heavy (non-hydrogen) atoms. The number of nitrogens with one attached hydrogen (secondary N) is 1. The fourth-order valence-corrected chi connectivity index (χ4v) is 1.46. The molecule has 0 fully saturated rings. The smallest absolute Gasteiger partial charge is 0.253 e. The Morgan fingerprint density at radius 1 is 1.47 bits per heavy atom. The zero-order chi connectivity index (χ0) is 11.4. The number of halogens is 3. The van der Waals surface area contributed by atoms with Crippen molar-refractivity contribution >= 4 is 40.7 Å². The summed E-state index contributed by atoms with van der Waals surface area (Å²) in [5.74, 6) is 0.0832. The van der Waals surface area contributed by atoms with E-state index in [0.29, 0.717) is 21.5 Å². The standard InChI is InChI=1S/C10H10Cl3NO/c1-6(5-11)14-10(15)8-4-7(12)2-3-9(8)13/h2-4,6H,5H2,1H3,(H,14,15). The predicted octanol–water partition coefficient (Wildman–Crippen LogP) is 3.35. The Bertz CT molecular complexity index is 368. The summed E-state index contributed by atoms with van der Waals surface area (Å²) < 4.78 is 0. The molecular formula is C10H10Cl3NO. The van der Waals surface area contributed by atoms with Crippen LogP contribution in [0, 0.1) is 0 Å². The lowest BCUT2D eigenvalue weighted by atomic mass is 10.2. The fourth-order valence-electron chi connectivity index (χ4n) is 1.01. The molecule has 1 rings (SSSR count). The third-order valence-corrected chi connectivity index (χ3v) is 2.81. The summed E-state index contributed by atoms with van der Waals surface area (Å²) in [6.07, 6.45) is 0. The number of carbonyl (C=O) groups is 1. The Morgan fingerprint density at radius 3 is 2.73 bits per heavy atom. The maximum Gasteiger partial charge on any atom is 0.253 e. The zero-order valence-corrected chi connectivity index (χ0v) is 10.3. The van der Waals surface area contributed by atoms with Crippen LogP contribution in [-0.2, 0) is 0 Å². The molecule has 82 valence electrons. The van der Waals surface area contributed by atoms with Gasteiger partial charge >= 0.3 is 0 Å². The van der Waals surface area contributed by atoms with E-state index in [1.807, 2.05) is 6.92 Å². The predicted molar refractivity (Wildman–Crippen MR) is 64.1 cm³/mol. The number of amides is 1. The third kappa shape index (κ3) is 3.56. The number of benzene rings is 1. The molecule has 1 aromatic rings. The Kier molecular flexibility index (Phi) is 4.71. The fraction of sp³-hybridized carbons (Fsp3) is 0.300. The van der Waals surface area contributed by atoms with Gasteiger partial charge in [0.1, 0.15) is 0 Å². The average molecular weight is 267 g/mol. The van der Waals surface area contributed by atoms with Crippen molar-refractivity contribution in [2.24, 2.45) is 0 Å². The van der Waals surface area contributed by atoms with Crippen LogP contribution in [0.15, 0.2) is 18.2 Å². The van der Waals surface area contributed by atoms with Crippen molar-refractivity contribution in [1.82, 2.24) is 5.32 Å². The molecule has 1 unspecified atom stereocenters. The van der Waals surface area contributed by atoms with Crippen LogP contribution in [0.4, 0.5) is 0 Å². The molecule has 0 radical (unpaired) electrons. The van der Waals surface area contributed by atoms with Crippen LogP contribution >= 0.6 is 34.8 Å². The second-order valence-electron chi connectivity index (χ2n) is 3.15. The minimum absolute atomic E-state index is 0.103. The molecule has 0 saturated heterocycles. The van der Waals surface area contributed by atoms with E-state index in [-0.39, 0.29) is 11.9 Å². The van der Waals surface area contributed by atoms with Crippen molar-refractivity contribution in [2.75, 3.05) is 5.88 Å². The van der Waals surface area contributed by atoms with Crippen molar-refractivity contribution < 1.29 is 4.79 Å². The van der Waals surface area contributed by atoms with Crippen molar-refractivity contribution in [2.45, 2.75) is 13.0 Å². The monoisotopic (exact) mass is 265 g/mol. The first-order chi connectivity index (χ1) is 7.04. The van der Waals surface area contributed by atoms with E-state index in [4.69, 9.17) is 34.8 Å². The molecule has 1 N–H and O–H groups in total. The molecule has 0 aliphatic heterocycles. The van der Waals surface area contributed by atoms with Crippen molar-refractivity contribution in [1.29, 1.82) is 0 Å². The molecule has 0 aliphatic rings. The topological polar surface area (TPSA) is 29.1 Å². The van der Waals surface area contributed by atoms with Gasteiger partial charge in [0.2, 0.25) is 0 Å². The van der Waals surface area contributed by atoms with Crippen LogP contribution in [0.2, 0.25) is 10.0 Å². The Labute approximate surface area is 104 Å². The molecule has 0 spiro atoms. The molecule has 1 atom stereocenters. The van der Waals surface area contributed by atoms with Gasteiger partial charge < -0.3 is 5.32 Å². The number of carbonyl (C=O) groups excluding carboxylic acids is 1. The summed E-state index contributed by atoms with van der Waals surface area (Å²) in [7, 11) is 0. The SMILES string of the molecule is CC(CCl)NC(=O)c1cc(Cl)ccc1Cl. The van der Waals surface area contributed by atoms with Crippen LogP contribution in [0.1, 0.15) is 17.3 Å². The first-order valence-electron chi connectivity index (χ1n) is 4.36. The first kappa shape index (κ1) is 12.6. The van der Waals surface area contributed by atoms with Crippen molar-refractivity contribution in [3.8, 4) is 0 Å². The van der Waals surface area contributed by atoms with Gasteiger partial charge in [0.25, 0.3) is 5.91 Å². The summed E-state index contributed by atoms with van der Waals surface area (Å²) >= 11 is 17.2. The van der Waals surface area contributed by atoms with Crippen LogP contribution in [0.25, 0.3) is 0 Å². The molecule has 5 heteroatoms. The van der Waals surface area contributed by atoms with Gasteiger partial charge in [-0.15, -0.1) is 11.6 Å². The number of rotatable bonds is 3. The lowest BCUT2D eigenvalue weighted by Gasteiger charge is -2.11. The summed E-state index contributed by atoms with van der Waals surface area (Å²) in [5.41, 5.74) is 0.362. The van der Waals surface area contributed by atoms with Gasteiger partial charge in [0, 0.05) is 16.9 Å². The maximum absolute atomic E-state index is 11.7. The van der Waals surface area contributed by atoms with Gasteiger partial charge in [0.05, 0.1) is 10.6 Å². The zero-order valence-electron chi connectivity index (χ0n) is 8.06. The Morgan fingerprint density at radius 2 is 2.13 bits per heavy atom. The molecule has 0 saturated carbocycles. The van der Waals surface area contributed by atoms with Crippen LogP contribution < -0.4 is 5.32 Å². The van der Waals surface area contributed by atoms with Gasteiger partial charge in [-0.05, 0) is 25.1 Å². The number of alkyl halides is 1. The van der Waals surface area contributed by atoms with Crippen LogP contribution in [-0.4, -0.2) is 17.8 Å². The highest BCUT2D eigenvalue weighted by molar-refractivity contribution is 6.35. The molecule has 1 amide bonds. The van der Waals surface area contributed by atoms with Gasteiger partial charge in [0.15, 0.2) is 0 Å². The minimum Gasteiger partial charge on any atom is -0.348 e. The quantitative estimate of drug-likeness (QED) is 0.835. The van der Waals surface area contributed by atoms with Gasteiger partial charge in [-0.1, -0.05) is 23.2 Å². The summed E-state index contributed by atoms with van der Waals surface area (Å²) in [4.78, 5) is 11.7. The Balaban J connectivity index is 2.86. The van der Waals surface area contributed by atoms with Gasteiger partial charge in [-0.25, -0.2) is 0 Å². The summed E-state index contributed by atoms with van der Waals surface area (Å²) in [5, 5.41) is 3.55. The highest BCUT2D eigenvalue weighted by atomic mass is 35.5. The highest BCUT2D eigenvalue weighted by Crippen LogP contribution is 2.20. The number of hydrogen-bond acceptors (Lipinski definition) is 1. The largest absolute Gasteiger partial charge is 0.348 e. The summed E-state index contributed by atoms with van der Waals surface area (Å²) in [6.45, 7) is 1.81. The maximum atomic E-state index is 11.7. The van der Waals surface area contributed by atoms with Crippen LogP contribution in [0.5, 0.6) is 0 Å². The molecule has 0 aromatic heterocycles. The van der Waals surface area contributed by atoms with E-state index in [1.54, 1.807) is 12.1 Å². The minimum atomic E-state index is -0.268. The van der Waals surface area contributed by atoms with E-state index in [1.165, 1.54) is 6.07 Å². The molecule has 0 aliphatic carbocycles. The van der Waals surface area contributed by atoms with Gasteiger partial charge in [-0.2, -0.15) is 0 Å². The molecule has 2 nitrogen and oxygen atoms in total. The van der Waals surface area contributed by atoms with E-state index in [9.17, 15) is 4.79 Å². The first-order valence-corrected chi connectivity index (χ1v) is 5.65. The van der Waals surface area contributed by atoms with E-state index in [0.717, 1.165) is 0 Å². The lowest BCUT2D eigenvalue weighted by Crippen LogP contribution is -2.33. The van der Waals surface area contributed by atoms with Crippen molar-refractivity contribution in [3.63, 3.8) is 0 Å². The normalized spacial score (nSPS) is 12.3. The van der Waals surface area contributed by atoms with E-state index in [2.05, 4.69) is 5.32 Å². The van der Waals surface area contributed by atoms with Crippen LogP contribution in [0.3, 0.4) is 0 Å². The average Bonchev–Trinajstić information content (AvgIpc) is 2.21. The van der Waals surface area contributed by atoms with E-state index >= 15 is 0 Å². The molecular weight excluding hydrogens is 256 g/mol. The second-order valence-corrected chi connectivity index (χ2v) is 4.31. The second kappa shape index (κ2) is 5.59. The molecule has 1 aromatic carbocycles. The lowest BCUT2D eigenvalue weighted by molar-refractivity contribution is 0.0943. The summed E-state index contributed by atoms with van der Waals surface area (Å²) in [6, 6.07) is 4.64. The Hall–Kier alpha value is -0.440.